The fraction of sp³-hybridized carbons (Fsp3) is 0.364. The van der Waals surface area contributed by atoms with Crippen LogP contribution >= 0.6 is 0 Å². The monoisotopic (exact) mass is 194 g/mol. The molecule has 1 aromatic carbocycles. The normalized spacial score (nSPS) is 9.93. The molecule has 0 aliphatic heterocycles. The van der Waals surface area contributed by atoms with Crippen molar-refractivity contribution < 1.29 is 14.6 Å². The number of rotatable bonds is 3. The van der Waals surface area contributed by atoms with E-state index in [1.54, 1.807) is 0 Å². The minimum Gasteiger partial charge on any atom is -0.481 e. The smallest absolute Gasteiger partial charge is 0.341 e. The second-order valence-electron chi connectivity index (χ2n) is 3.34. The molecule has 0 saturated carbocycles. The molecule has 0 aliphatic carbocycles. The molecule has 0 bridgehead atoms. The molecule has 76 valence electrons. The van der Waals surface area contributed by atoms with Gasteiger partial charge in [-0.05, 0) is 37.5 Å². The zero-order chi connectivity index (χ0) is 10.7. The van der Waals surface area contributed by atoms with Crippen molar-refractivity contribution in [3.63, 3.8) is 0 Å². The van der Waals surface area contributed by atoms with Crippen LogP contribution in [0.4, 0.5) is 0 Å². The molecule has 0 aliphatic rings. The Morgan fingerprint density at radius 3 is 2.43 bits per heavy atom. The number of ether oxygens (including phenoxy) is 1. The van der Waals surface area contributed by atoms with E-state index < -0.39 is 5.97 Å². The molecule has 14 heavy (non-hydrogen) atoms. The zero-order valence-corrected chi connectivity index (χ0v) is 8.63. The minimum absolute atomic E-state index is 0.287. The summed E-state index contributed by atoms with van der Waals surface area (Å²) in [6, 6.07) is 3.93. The minimum atomic E-state index is -0.953. The molecule has 0 saturated heterocycles. The molecule has 0 atom stereocenters. The highest BCUT2D eigenvalue weighted by Gasteiger charge is 2.07. The molecule has 3 nitrogen and oxygen atoms in total. The second-order valence-corrected chi connectivity index (χ2v) is 3.34. The lowest BCUT2D eigenvalue weighted by molar-refractivity contribution is -0.139. The number of carbonyl (C=O) groups is 1. The summed E-state index contributed by atoms with van der Waals surface area (Å²) in [4.78, 5) is 10.4. The Hall–Kier alpha value is -1.51. The molecular formula is C11H14O3. The van der Waals surface area contributed by atoms with E-state index in [1.165, 1.54) is 0 Å². The first kappa shape index (κ1) is 10.6. The predicted molar refractivity (Wildman–Crippen MR) is 53.8 cm³/mol. The summed E-state index contributed by atoms with van der Waals surface area (Å²) >= 11 is 0. The zero-order valence-electron chi connectivity index (χ0n) is 8.63. The Kier molecular flexibility index (Phi) is 3.12. The van der Waals surface area contributed by atoms with Gasteiger partial charge in [0, 0.05) is 0 Å². The Morgan fingerprint density at radius 2 is 1.86 bits per heavy atom. The van der Waals surface area contributed by atoms with Crippen LogP contribution in [0, 0.1) is 20.8 Å². The summed E-state index contributed by atoms with van der Waals surface area (Å²) in [5, 5.41) is 8.50. The molecule has 3 heteroatoms. The summed E-state index contributed by atoms with van der Waals surface area (Å²) in [6.45, 7) is 5.52. The van der Waals surface area contributed by atoms with Gasteiger partial charge >= 0.3 is 5.97 Å². The summed E-state index contributed by atoms with van der Waals surface area (Å²) < 4.78 is 5.21. The van der Waals surface area contributed by atoms with Crippen LogP contribution in [0.1, 0.15) is 16.7 Å². The van der Waals surface area contributed by atoms with E-state index in [-0.39, 0.29) is 6.61 Å². The van der Waals surface area contributed by atoms with Crippen molar-refractivity contribution in [2.45, 2.75) is 20.8 Å². The fourth-order valence-electron chi connectivity index (χ4n) is 1.28. The molecule has 1 rings (SSSR count). The van der Waals surface area contributed by atoms with Gasteiger partial charge < -0.3 is 9.84 Å². The van der Waals surface area contributed by atoms with Gasteiger partial charge in [0.25, 0.3) is 0 Å². The summed E-state index contributed by atoms with van der Waals surface area (Å²) in [5.74, 6) is -0.266. The largest absolute Gasteiger partial charge is 0.481 e. The SMILES string of the molecule is Cc1ccc(C)c(OCC(=O)O)c1C. The number of hydrogen-bond donors (Lipinski definition) is 1. The maximum absolute atomic E-state index is 10.4. The van der Waals surface area contributed by atoms with Crippen LogP contribution in [0.2, 0.25) is 0 Å². The van der Waals surface area contributed by atoms with Gasteiger partial charge in [0.1, 0.15) is 5.75 Å². The molecule has 0 aromatic heterocycles. The maximum atomic E-state index is 10.4. The van der Waals surface area contributed by atoms with E-state index in [0.29, 0.717) is 5.75 Å². The van der Waals surface area contributed by atoms with E-state index in [0.717, 1.165) is 16.7 Å². The van der Waals surface area contributed by atoms with Crippen LogP contribution in [0.3, 0.4) is 0 Å². The summed E-state index contributed by atoms with van der Waals surface area (Å²) in [7, 11) is 0. The molecule has 0 radical (unpaired) electrons. The Labute approximate surface area is 83.3 Å². The molecule has 1 aromatic rings. The van der Waals surface area contributed by atoms with Crippen LogP contribution in [0.15, 0.2) is 12.1 Å². The lowest BCUT2D eigenvalue weighted by Crippen LogP contribution is -2.11. The maximum Gasteiger partial charge on any atom is 0.341 e. The van der Waals surface area contributed by atoms with Crippen molar-refractivity contribution in [2.24, 2.45) is 0 Å². The molecule has 0 amide bonds. The molecule has 0 heterocycles. The fourth-order valence-corrected chi connectivity index (χ4v) is 1.28. The average molecular weight is 194 g/mol. The van der Waals surface area contributed by atoms with Crippen molar-refractivity contribution >= 4 is 5.97 Å². The third kappa shape index (κ3) is 2.25. The van der Waals surface area contributed by atoms with Gasteiger partial charge in [0.2, 0.25) is 0 Å². The highest BCUT2D eigenvalue weighted by atomic mass is 16.5. The van der Waals surface area contributed by atoms with E-state index >= 15 is 0 Å². The Balaban J connectivity index is 2.95. The van der Waals surface area contributed by atoms with Gasteiger partial charge in [-0.1, -0.05) is 12.1 Å². The highest BCUT2D eigenvalue weighted by molar-refractivity contribution is 5.68. The van der Waals surface area contributed by atoms with Crippen LogP contribution in [0.25, 0.3) is 0 Å². The van der Waals surface area contributed by atoms with Crippen LogP contribution in [0.5, 0.6) is 5.75 Å². The average Bonchev–Trinajstić information content (AvgIpc) is 2.11. The van der Waals surface area contributed by atoms with Crippen LogP contribution < -0.4 is 4.74 Å². The van der Waals surface area contributed by atoms with E-state index in [9.17, 15) is 4.79 Å². The van der Waals surface area contributed by atoms with Crippen molar-refractivity contribution in [2.75, 3.05) is 6.61 Å². The standard InChI is InChI=1S/C11H14O3/c1-7-4-5-8(2)11(9(7)3)14-6-10(12)13/h4-5H,6H2,1-3H3,(H,12,13). The first-order valence-electron chi connectivity index (χ1n) is 4.43. The Bertz CT molecular complexity index is 356. The first-order chi connectivity index (χ1) is 6.52. The number of carboxylic acids is 1. The Morgan fingerprint density at radius 1 is 1.29 bits per heavy atom. The van der Waals surface area contributed by atoms with Gasteiger partial charge in [-0.15, -0.1) is 0 Å². The van der Waals surface area contributed by atoms with E-state index in [2.05, 4.69) is 0 Å². The van der Waals surface area contributed by atoms with Gasteiger partial charge in [-0.3, -0.25) is 0 Å². The van der Waals surface area contributed by atoms with Crippen molar-refractivity contribution in [1.82, 2.24) is 0 Å². The van der Waals surface area contributed by atoms with Crippen molar-refractivity contribution in [1.29, 1.82) is 0 Å². The number of benzene rings is 1. The number of aliphatic carboxylic acids is 1. The summed E-state index contributed by atoms with van der Waals surface area (Å²) in [6.07, 6.45) is 0. The highest BCUT2D eigenvalue weighted by Crippen LogP contribution is 2.25. The lowest BCUT2D eigenvalue weighted by Gasteiger charge is -2.12. The van der Waals surface area contributed by atoms with Crippen molar-refractivity contribution in [3.05, 3.63) is 28.8 Å². The van der Waals surface area contributed by atoms with Crippen LogP contribution in [-0.2, 0) is 4.79 Å². The number of hydrogen-bond acceptors (Lipinski definition) is 2. The van der Waals surface area contributed by atoms with Gasteiger partial charge in [0.15, 0.2) is 6.61 Å². The molecule has 0 fully saturated rings. The second kappa shape index (κ2) is 4.13. The number of carboxylic acid groups (broad SMARTS) is 1. The number of aryl methyl sites for hydroxylation is 2. The molecule has 0 spiro atoms. The lowest BCUT2D eigenvalue weighted by atomic mass is 10.1. The van der Waals surface area contributed by atoms with E-state index in [4.69, 9.17) is 9.84 Å². The topological polar surface area (TPSA) is 46.5 Å². The molecule has 0 unspecified atom stereocenters. The van der Waals surface area contributed by atoms with E-state index in [1.807, 2.05) is 32.9 Å². The first-order valence-corrected chi connectivity index (χ1v) is 4.43. The van der Waals surface area contributed by atoms with Gasteiger partial charge in [0.05, 0.1) is 0 Å². The summed E-state index contributed by atoms with van der Waals surface area (Å²) in [5.41, 5.74) is 3.08. The third-order valence-corrected chi connectivity index (χ3v) is 2.21. The van der Waals surface area contributed by atoms with Gasteiger partial charge in [-0.2, -0.15) is 0 Å². The molecular weight excluding hydrogens is 180 g/mol. The van der Waals surface area contributed by atoms with Gasteiger partial charge in [-0.25, -0.2) is 4.79 Å². The predicted octanol–water partition coefficient (Wildman–Crippen LogP) is 2.08. The quantitative estimate of drug-likeness (QED) is 0.801. The molecule has 1 N–H and O–H groups in total. The van der Waals surface area contributed by atoms with Crippen molar-refractivity contribution in [3.8, 4) is 5.75 Å². The van der Waals surface area contributed by atoms with Crippen LogP contribution in [-0.4, -0.2) is 17.7 Å². The third-order valence-electron chi connectivity index (χ3n) is 2.21.